The maximum atomic E-state index is 9.12. The highest BCUT2D eigenvalue weighted by Gasteiger charge is 2.05. The van der Waals surface area contributed by atoms with E-state index >= 15 is 0 Å². The van der Waals surface area contributed by atoms with Crippen LogP contribution in [0, 0.1) is 5.92 Å². The number of nitrogens with two attached hydrogens (primary N) is 1. The number of benzene rings is 1. The molecule has 0 heterocycles. The zero-order chi connectivity index (χ0) is 13.3. The van der Waals surface area contributed by atoms with Crippen molar-refractivity contribution in [3.05, 3.63) is 42.2 Å². The third kappa shape index (κ3) is 7.41. The lowest BCUT2D eigenvalue weighted by Gasteiger charge is -2.09. The third-order valence-electron chi connectivity index (χ3n) is 2.31. The summed E-state index contributed by atoms with van der Waals surface area (Å²) < 4.78 is 0. The van der Waals surface area contributed by atoms with Crippen molar-refractivity contribution in [2.24, 2.45) is 5.92 Å². The summed E-state index contributed by atoms with van der Waals surface area (Å²) >= 11 is 0. The molecular formula is C14H23NO2. The number of aliphatic hydroxyl groups excluding tert-OH is 2. The van der Waals surface area contributed by atoms with Crippen molar-refractivity contribution in [2.75, 3.05) is 12.3 Å². The molecule has 0 aromatic heterocycles. The van der Waals surface area contributed by atoms with Crippen LogP contribution < -0.4 is 5.73 Å². The van der Waals surface area contributed by atoms with Gasteiger partial charge in [0.25, 0.3) is 0 Å². The SMILES string of the molecule is C=C(O)C(C)Cc1ccc(N)cc1.CCCO. The predicted molar refractivity (Wildman–Crippen MR) is 72.9 cm³/mol. The van der Waals surface area contributed by atoms with Crippen LogP contribution in [0.4, 0.5) is 5.69 Å². The van der Waals surface area contributed by atoms with Gasteiger partial charge in [-0.05, 0) is 30.5 Å². The second kappa shape index (κ2) is 8.65. The summed E-state index contributed by atoms with van der Waals surface area (Å²) in [5, 5.41) is 17.0. The normalized spacial score (nSPS) is 11.2. The molecule has 0 saturated carbocycles. The van der Waals surface area contributed by atoms with Crippen molar-refractivity contribution in [1.82, 2.24) is 0 Å². The van der Waals surface area contributed by atoms with Gasteiger partial charge in [0, 0.05) is 18.2 Å². The molecule has 0 aliphatic heterocycles. The fourth-order valence-electron chi connectivity index (χ4n) is 1.13. The van der Waals surface area contributed by atoms with Crippen LogP contribution in [0.2, 0.25) is 0 Å². The van der Waals surface area contributed by atoms with Gasteiger partial charge in [-0.15, -0.1) is 0 Å². The van der Waals surface area contributed by atoms with Gasteiger partial charge in [-0.1, -0.05) is 32.6 Å². The summed E-state index contributed by atoms with van der Waals surface area (Å²) in [4.78, 5) is 0. The fraction of sp³-hybridized carbons (Fsp3) is 0.429. The minimum absolute atomic E-state index is 0.101. The van der Waals surface area contributed by atoms with Crippen molar-refractivity contribution >= 4 is 5.69 Å². The fourth-order valence-corrected chi connectivity index (χ4v) is 1.13. The average Bonchev–Trinajstić information content (AvgIpc) is 2.32. The lowest BCUT2D eigenvalue weighted by molar-refractivity contribution is 0.295. The first-order chi connectivity index (χ1) is 8.01. The van der Waals surface area contributed by atoms with Gasteiger partial charge >= 0.3 is 0 Å². The van der Waals surface area contributed by atoms with Gasteiger partial charge in [0.05, 0.1) is 5.76 Å². The smallest absolute Gasteiger partial charge is 0.0882 e. The summed E-state index contributed by atoms with van der Waals surface area (Å²) in [6.45, 7) is 7.69. The molecule has 1 aromatic rings. The van der Waals surface area contributed by atoms with E-state index in [4.69, 9.17) is 15.9 Å². The first-order valence-electron chi connectivity index (χ1n) is 5.84. The van der Waals surface area contributed by atoms with E-state index in [1.54, 1.807) is 0 Å². The minimum atomic E-state index is 0.101. The van der Waals surface area contributed by atoms with E-state index in [2.05, 4.69) is 6.58 Å². The van der Waals surface area contributed by atoms with Crippen molar-refractivity contribution < 1.29 is 10.2 Å². The second-order valence-electron chi connectivity index (χ2n) is 4.06. The van der Waals surface area contributed by atoms with Crippen LogP contribution in [0.25, 0.3) is 0 Å². The quantitative estimate of drug-likeness (QED) is 0.557. The topological polar surface area (TPSA) is 66.5 Å². The van der Waals surface area contributed by atoms with Crippen LogP contribution in [0.15, 0.2) is 36.6 Å². The molecule has 96 valence electrons. The van der Waals surface area contributed by atoms with Crippen LogP contribution in [0.5, 0.6) is 0 Å². The first kappa shape index (κ1) is 15.5. The van der Waals surface area contributed by atoms with Crippen LogP contribution in [-0.2, 0) is 6.42 Å². The summed E-state index contributed by atoms with van der Waals surface area (Å²) in [5.41, 5.74) is 7.48. The Labute approximate surface area is 104 Å². The zero-order valence-electron chi connectivity index (χ0n) is 10.7. The summed E-state index contributed by atoms with van der Waals surface area (Å²) in [7, 11) is 0. The van der Waals surface area contributed by atoms with Crippen LogP contribution in [0.3, 0.4) is 0 Å². The molecule has 0 radical (unpaired) electrons. The molecule has 3 nitrogen and oxygen atoms in total. The number of anilines is 1. The molecule has 1 aromatic carbocycles. The number of nitrogen functional groups attached to an aromatic ring is 1. The number of allylic oxidation sites excluding steroid dienone is 1. The van der Waals surface area contributed by atoms with Gasteiger partial charge in [-0.25, -0.2) is 0 Å². The number of hydrogen-bond donors (Lipinski definition) is 3. The van der Waals surface area contributed by atoms with E-state index in [1.807, 2.05) is 38.1 Å². The van der Waals surface area contributed by atoms with Gasteiger partial charge < -0.3 is 15.9 Å². The monoisotopic (exact) mass is 237 g/mol. The first-order valence-corrected chi connectivity index (χ1v) is 5.84. The summed E-state index contributed by atoms with van der Waals surface area (Å²) in [6.07, 6.45) is 1.68. The highest BCUT2D eigenvalue weighted by atomic mass is 16.3. The second-order valence-corrected chi connectivity index (χ2v) is 4.06. The Hall–Kier alpha value is -1.48. The molecule has 1 unspecified atom stereocenters. The summed E-state index contributed by atoms with van der Waals surface area (Å²) in [5.74, 6) is 0.334. The number of hydrogen-bond acceptors (Lipinski definition) is 3. The molecule has 0 saturated heterocycles. The Morgan fingerprint density at radius 2 is 1.82 bits per heavy atom. The molecule has 3 heteroatoms. The summed E-state index contributed by atoms with van der Waals surface area (Å²) in [6, 6.07) is 7.66. The Kier molecular flexibility index (Phi) is 7.89. The number of aliphatic hydroxyl groups is 2. The van der Waals surface area contributed by atoms with Crippen LogP contribution >= 0.6 is 0 Å². The van der Waals surface area contributed by atoms with E-state index in [1.165, 1.54) is 0 Å². The third-order valence-corrected chi connectivity index (χ3v) is 2.31. The van der Waals surface area contributed by atoms with E-state index in [-0.39, 0.29) is 11.7 Å². The largest absolute Gasteiger partial charge is 0.513 e. The molecule has 0 spiro atoms. The Bertz CT molecular complexity index is 317. The zero-order valence-corrected chi connectivity index (χ0v) is 10.7. The Morgan fingerprint density at radius 3 is 2.18 bits per heavy atom. The molecule has 1 rings (SSSR count). The molecule has 1 atom stereocenters. The Balaban J connectivity index is 0.000000557. The van der Waals surface area contributed by atoms with Crippen molar-refractivity contribution in [3.63, 3.8) is 0 Å². The molecule has 4 N–H and O–H groups in total. The lowest BCUT2D eigenvalue weighted by atomic mass is 10.00. The lowest BCUT2D eigenvalue weighted by Crippen LogP contribution is -2.02. The number of rotatable bonds is 4. The molecule has 0 aliphatic rings. The highest BCUT2D eigenvalue weighted by Crippen LogP contribution is 2.14. The van der Waals surface area contributed by atoms with Gasteiger partial charge in [0.2, 0.25) is 0 Å². The standard InChI is InChI=1S/C11H15NO.C3H8O/c1-8(9(2)13)7-10-3-5-11(12)6-4-10;1-2-3-4/h3-6,8,13H,2,7,12H2,1H3;4H,2-3H2,1H3. The van der Waals surface area contributed by atoms with Crippen molar-refractivity contribution in [2.45, 2.75) is 26.7 Å². The van der Waals surface area contributed by atoms with E-state index < -0.39 is 0 Å². The van der Waals surface area contributed by atoms with E-state index in [0.29, 0.717) is 6.61 Å². The Morgan fingerprint density at radius 1 is 1.35 bits per heavy atom. The molecule has 0 fully saturated rings. The molecule has 0 amide bonds. The van der Waals surface area contributed by atoms with E-state index in [0.717, 1.165) is 24.1 Å². The van der Waals surface area contributed by atoms with Crippen LogP contribution in [0.1, 0.15) is 25.8 Å². The maximum Gasteiger partial charge on any atom is 0.0882 e. The van der Waals surface area contributed by atoms with Crippen molar-refractivity contribution in [1.29, 1.82) is 0 Å². The van der Waals surface area contributed by atoms with Crippen molar-refractivity contribution in [3.8, 4) is 0 Å². The van der Waals surface area contributed by atoms with Crippen LogP contribution in [-0.4, -0.2) is 16.8 Å². The van der Waals surface area contributed by atoms with Gasteiger partial charge in [0.1, 0.15) is 0 Å². The van der Waals surface area contributed by atoms with E-state index in [9.17, 15) is 0 Å². The average molecular weight is 237 g/mol. The predicted octanol–water partition coefficient (Wildman–Crippen LogP) is 2.91. The maximum absolute atomic E-state index is 9.12. The minimum Gasteiger partial charge on any atom is -0.513 e. The van der Waals surface area contributed by atoms with Gasteiger partial charge in [-0.3, -0.25) is 0 Å². The molecule has 0 bridgehead atoms. The highest BCUT2D eigenvalue weighted by molar-refractivity contribution is 5.39. The molecule has 0 aliphatic carbocycles. The van der Waals surface area contributed by atoms with Gasteiger partial charge in [-0.2, -0.15) is 0 Å². The molecule has 17 heavy (non-hydrogen) atoms. The molecular weight excluding hydrogens is 214 g/mol. The van der Waals surface area contributed by atoms with Gasteiger partial charge in [0.15, 0.2) is 0 Å².